The van der Waals surface area contributed by atoms with Crippen molar-refractivity contribution in [2.24, 2.45) is 0 Å². The average Bonchev–Trinajstić information content (AvgIpc) is 2.73. The Morgan fingerprint density at radius 1 is 1.35 bits per heavy atom. The van der Waals surface area contributed by atoms with Crippen molar-refractivity contribution >= 4 is 23.2 Å². The largest absolute Gasteiger partial charge is 0.248 e. The van der Waals surface area contributed by atoms with Gasteiger partial charge >= 0.3 is 0 Å². The van der Waals surface area contributed by atoms with Gasteiger partial charge in [-0.1, -0.05) is 28.9 Å². The van der Waals surface area contributed by atoms with Gasteiger partial charge in [-0.25, -0.2) is 9.07 Å². The van der Waals surface area contributed by atoms with E-state index >= 15 is 0 Å². The van der Waals surface area contributed by atoms with E-state index < -0.39 is 5.82 Å². The molecule has 6 heteroatoms. The molecule has 3 nitrogen and oxygen atoms in total. The van der Waals surface area contributed by atoms with Crippen molar-refractivity contribution in [2.75, 3.05) is 5.88 Å². The lowest BCUT2D eigenvalue weighted by molar-refractivity contribution is 0.614. The monoisotopic (exact) mass is 273 g/mol. The van der Waals surface area contributed by atoms with E-state index in [0.29, 0.717) is 24.4 Å². The molecular weight excluding hydrogens is 264 g/mol. The Morgan fingerprint density at radius 3 is 2.94 bits per heavy atom. The highest BCUT2D eigenvalue weighted by Crippen LogP contribution is 2.20. The minimum Gasteiger partial charge on any atom is -0.248 e. The summed E-state index contributed by atoms with van der Waals surface area (Å²) in [6.07, 6.45) is 2.45. The van der Waals surface area contributed by atoms with Crippen molar-refractivity contribution in [3.05, 3.63) is 46.5 Å². The summed E-state index contributed by atoms with van der Waals surface area (Å²) in [5.41, 5.74) is 1.49. The second-order valence-corrected chi connectivity index (χ2v) is 4.32. The second kappa shape index (κ2) is 5.47. The van der Waals surface area contributed by atoms with Crippen LogP contribution in [0.1, 0.15) is 11.3 Å². The van der Waals surface area contributed by atoms with E-state index in [-0.39, 0.29) is 5.02 Å². The molecule has 0 bridgehead atoms. The lowest BCUT2D eigenvalue weighted by Gasteiger charge is -2.04. The standard InChI is InChI=1S/C11H10Cl2FN3/c12-5-4-9-7-17(16-15-9)6-8-2-1-3-10(14)11(8)13/h1-3,7H,4-6H2. The smallest absolute Gasteiger partial charge is 0.142 e. The topological polar surface area (TPSA) is 30.7 Å². The molecule has 0 N–H and O–H groups in total. The van der Waals surface area contributed by atoms with Crippen LogP contribution in [0.2, 0.25) is 5.02 Å². The summed E-state index contributed by atoms with van der Waals surface area (Å²) < 4.78 is 14.8. The zero-order chi connectivity index (χ0) is 12.3. The number of alkyl halides is 1. The molecule has 0 aliphatic carbocycles. The lowest BCUT2D eigenvalue weighted by Crippen LogP contribution is -2.01. The maximum atomic E-state index is 13.2. The summed E-state index contributed by atoms with van der Waals surface area (Å²) in [6, 6.07) is 4.70. The molecule has 2 rings (SSSR count). The maximum absolute atomic E-state index is 13.2. The third-order valence-corrected chi connectivity index (χ3v) is 2.91. The van der Waals surface area contributed by atoms with E-state index in [1.165, 1.54) is 6.07 Å². The number of rotatable bonds is 4. The molecule has 0 saturated heterocycles. The quantitative estimate of drug-likeness (QED) is 0.802. The van der Waals surface area contributed by atoms with Crippen LogP contribution in [0, 0.1) is 5.82 Å². The molecular formula is C11H10Cl2FN3. The third-order valence-electron chi connectivity index (χ3n) is 2.30. The van der Waals surface area contributed by atoms with Crippen LogP contribution in [-0.2, 0) is 13.0 Å². The fourth-order valence-corrected chi connectivity index (χ4v) is 1.85. The Labute approximate surface area is 108 Å². The fraction of sp³-hybridized carbons (Fsp3) is 0.273. The van der Waals surface area contributed by atoms with Crippen LogP contribution in [0.15, 0.2) is 24.4 Å². The Kier molecular flexibility index (Phi) is 3.97. The molecule has 1 aromatic carbocycles. The van der Waals surface area contributed by atoms with Gasteiger partial charge < -0.3 is 0 Å². The molecule has 0 unspecified atom stereocenters. The first-order valence-electron chi connectivity index (χ1n) is 5.08. The molecule has 0 amide bonds. The van der Waals surface area contributed by atoms with E-state index in [1.807, 2.05) is 0 Å². The molecule has 0 radical (unpaired) electrons. The van der Waals surface area contributed by atoms with Crippen LogP contribution in [0.3, 0.4) is 0 Å². The summed E-state index contributed by atoms with van der Waals surface area (Å²) in [6.45, 7) is 0.395. The molecule has 0 atom stereocenters. The van der Waals surface area contributed by atoms with Crippen molar-refractivity contribution < 1.29 is 4.39 Å². The van der Waals surface area contributed by atoms with Crippen LogP contribution in [0.5, 0.6) is 0 Å². The van der Waals surface area contributed by atoms with Crippen molar-refractivity contribution in [2.45, 2.75) is 13.0 Å². The van der Waals surface area contributed by atoms with E-state index in [0.717, 1.165) is 5.69 Å². The summed E-state index contributed by atoms with van der Waals surface area (Å²) in [7, 11) is 0. The minimum atomic E-state index is -0.426. The Morgan fingerprint density at radius 2 is 2.18 bits per heavy atom. The van der Waals surface area contributed by atoms with Crippen LogP contribution in [0.25, 0.3) is 0 Å². The Hall–Kier alpha value is -1.13. The molecule has 1 heterocycles. The average molecular weight is 274 g/mol. The van der Waals surface area contributed by atoms with Gasteiger partial charge in [-0.15, -0.1) is 16.7 Å². The van der Waals surface area contributed by atoms with Gasteiger partial charge in [0.1, 0.15) is 5.82 Å². The highest BCUT2D eigenvalue weighted by atomic mass is 35.5. The van der Waals surface area contributed by atoms with E-state index in [1.54, 1.807) is 23.0 Å². The zero-order valence-corrected chi connectivity index (χ0v) is 10.4. The molecule has 90 valence electrons. The summed E-state index contributed by atoms with van der Waals surface area (Å²) in [5.74, 6) is 0.0737. The number of aromatic nitrogens is 3. The Balaban J connectivity index is 2.16. The number of hydrogen-bond acceptors (Lipinski definition) is 2. The third kappa shape index (κ3) is 2.96. The lowest BCUT2D eigenvalue weighted by atomic mass is 10.2. The van der Waals surface area contributed by atoms with Crippen LogP contribution in [0.4, 0.5) is 4.39 Å². The molecule has 0 saturated carbocycles. The van der Waals surface area contributed by atoms with Crippen LogP contribution in [-0.4, -0.2) is 20.9 Å². The number of aryl methyl sites for hydroxylation is 1. The number of nitrogens with zero attached hydrogens (tertiary/aromatic N) is 3. The highest BCUT2D eigenvalue weighted by Gasteiger charge is 2.07. The Bertz CT molecular complexity index is 513. The molecule has 0 spiro atoms. The van der Waals surface area contributed by atoms with Gasteiger partial charge in [0.15, 0.2) is 0 Å². The van der Waals surface area contributed by atoms with Crippen molar-refractivity contribution in [1.82, 2.24) is 15.0 Å². The molecule has 0 fully saturated rings. The van der Waals surface area contributed by atoms with Gasteiger partial charge in [-0.05, 0) is 11.6 Å². The van der Waals surface area contributed by atoms with Crippen molar-refractivity contribution in [3.63, 3.8) is 0 Å². The number of halogens is 3. The van der Waals surface area contributed by atoms with Gasteiger partial charge in [0, 0.05) is 18.5 Å². The molecule has 0 aliphatic heterocycles. The predicted octanol–water partition coefficient (Wildman–Crippen LogP) is 2.90. The fourth-order valence-electron chi connectivity index (χ4n) is 1.47. The molecule has 2 aromatic rings. The van der Waals surface area contributed by atoms with E-state index in [2.05, 4.69) is 10.3 Å². The zero-order valence-electron chi connectivity index (χ0n) is 8.91. The second-order valence-electron chi connectivity index (χ2n) is 3.56. The summed E-state index contributed by atoms with van der Waals surface area (Å²) in [5, 5.41) is 8.00. The van der Waals surface area contributed by atoms with Gasteiger partial charge in [0.2, 0.25) is 0 Å². The summed E-state index contributed by atoms with van der Waals surface area (Å²) >= 11 is 11.5. The van der Waals surface area contributed by atoms with E-state index in [4.69, 9.17) is 23.2 Å². The van der Waals surface area contributed by atoms with Crippen molar-refractivity contribution in [1.29, 1.82) is 0 Å². The van der Waals surface area contributed by atoms with Gasteiger partial charge in [-0.2, -0.15) is 0 Å². The first-order valence-corrected chi connectivity index (χ1v) is 6.00. The normalized spacial score (nSPS) is 10.8. The van der Waals surface area contributed by atoms with Gasteiger partial charge in [-0.3, -0.25) is 0 Å². The minimum absolute atomic E-state index is 0.127. The van der Waals surface area contributed by atoms with E-state index in [9.17, 15) is 4.39 Å². The first kappa shape index (κ1) is 12.3. The SMILES string of the molecule is Fc1cccc(Cn2cc(CCCl)nn2)c1Cl. The van der Waals surface area contributed by atoms with Gasteiger partial charge in [0.05, 0.1) is 17.3 Å². The summed E-state index contributed by atoms with van der Waals surface area (Å²) in [4.78, 5) is 0. The van der Waals surface area contributed by atoms with Gasteiger partial charge in [0.25, 0.3) is 0 Å². The molecule has 17 heavy (non-hydrogen) atoms. The van der Waals surface area contributed by atoms with Crippen molar-refractivity contribution in [3.8, 4) is 0 Å². The number of benzene rings is 1. The molecule has 1 aromatic heterocycles. The predicted molar refractivity (Wildman–Crippen MR) is 65.0 cm³/mol. The number of hydrogen-bond donors (Lipinski definition) is 0. The van der Waals surface area contributed by atoms with Crippen LogP contribution < -0.4 is 0 Å². The highest BCUT2D eigenvalue weighted by molar-refractivity contribution is 6.31. The maximum Gasteiger partial charge on any atom is 0.142 e. The van der Waals surface area contributed by atoms with Crippen LogP contribution >= 0.6 is 23.2 Å². The molecule has 0 aliphatic rings. The first-order chi connectivity index (χ1) is 8.20.